The van der Waals surface area contributed by atoms with Gasteiger partial charge in [0.05, 0.1) is 0 Å². The number of Topliss-reactive ketones (excluding diaryl/α,β-unsaturated/α-hetero) is 1. The van der Waals surface area contributed by atoms with Crippen molar-refractivity contribution in [2.75, 3.05) is 0 Å². The standard InChI is InChI=1S/C9H14O5/c1-6(10)7(9(13)14)4-2-3-5-8(11)12/h7H,2-5H2,1H3,(H,11,12)(H,13,14). The number of unbranched alkanes of at least 4 members (excludes halogenated alkanes) is 1. The SMILES string of the molecule is CC(=O)C(CCCCC(=O)O)C(=O)O. The fourth-order valence-corrected chi connectivity index (χ4v) is 1.13. The molecule has 5 nitrogen and oxygen atoms in total. The van der Waals surface area contributed by atoms with Crippen LogP contribution in [0.4, 0.5) is 0 Å². The fourth-order valence-electron chi connectivity index (χ4n) is 1.13. The molecule has 1 unspecified atom stereocenters. The Balaban J connectivity index is 3.78. The molecule has 0 rings (SSSR count). The number of aliphatic carboxylic acids is 2. The molecule has 5 heteroatoms. The van der Waals surface area contributed by atoms with E-state index in [0.29, 0.717) is 12.8 Å². The van der Waals surface area contributed by atoms with Crippen LogP contribution < -0.4 is 0 Å². The predicted octanol–water partition coefficient (Wildman–Crippen LogP) is 0.921. The summed E-state index contributed by atoms with van der Waals surface area (Å²) in [7, 11) is 0. The molecule has 0 aliphatic heterocycles. The minimum Gasteiger partial charge on any atom is -0.481 e. The first-order valence-corrected chi connectivity index (χ1v) is 4.40. The van der Waals surface area contributed by atoms with Crippen molar-refractivity contribution in [3.8, 4) is 0 Å². The van der Waals surface area contributed by atoms with Gasteiger partial charge < -0.3 is 10.2 Å². The summed E-state index contributed by atoms with van der Waals surface area (Å²) in [6, 6.07) is 0. The van der Waals surface area contributed by atoms with Crippen LogP contribution >= 0.6 is 0 Å². The van der Waals surface area contributed by atoms with Crippen LogP contribution in [0.1, 0.15) is 32.6 Å². The molecule has 0 amide bonds. The zero-order valence-corrected chi connectivity index (χ0v) is 8.02. The first-order valence-electron chi connectivity index (χ1n) is 4.40. The molecule has 0 aromatic rings. The van der Waals surface area contributed by atoms with Crippen molar-refractivity contribution in [3.63, 3.8) is 0 Å². The van der Waals surface area contributed by atoms with Crippen molar-refractivity contribution >= 4 is 17.7 Å². The van der Waals surface area contributed by atoms with Gasteiger partial charge in [0, 0.05) is 6.42 Å². The number of carboxylic acid groups (broad SMARTS) is 2. The number of hydrogen-bond acceptors (Lipinski definition) is 3. The normalized spacial score (nSPS) is 12.1. The average Bonchev–Trinajstić information content (AvgIpc) is 2.01. The highest BCUT2D eigenvalue weighted by atomic mass is 16.4. The van der Waals surface area contributed by atoms with Crippen LogP contribution in [0.15, 0.2) is 0 Å². The topological polar surface area (TPSA) is 91.7 Å². The Kier molecular flexibility index (Phi) is 5.52. The van der Waals surface area contributed by atoms with Crippen LogP contribution in [0, 0.1) is 5.92 Å². The molecule has 0 spiro atoms. The van der Waals surface area contributed by atoms with E-state index in [9.17, 15) is 14.4 Å². The molecule has 0 aliphatic carbocycles. The van der Waals surface area contributed by atoms with Crippen LogP contribution in [0.5, 0.6) is 0 Å². The van der Waals surface area contributed by atoms with Gasteiger partial charge in [0.15, 0.2) is 0 Å². The lowest BCUT2D eigenvalue weighted by atomic mass is 9.98. The predicted molar refractivity (Wildman–Crippen MR) is 47.9 cm³/mol. The number of rotatable bonds is 7. The number of carbonyl (C=O) groups is 3. The maximum Gasteiger partial charge on any atom is 0.314 e. The summed E-state index contributed by atoms with van der Waals surface area (Å²) >= 11 is 0. The molecular weight excluding hydrogens is 188 g/mol. The lowest BCUT2D eigenvalue weighted by Crippen LogP contribution is -2.21. The quantitative estimate of drug-likeness (QED) is 0.473. The van der Waals surface area contributed by atoms with Crippen LogP contribution in [0.2, 0.25) is 0 Å². The third-order valence-electron chi connectivity index (χ3n) is 1.92. The summed E-state index contributed by atoms with van der Waals surface area (Å²) in [5.41, 5.74) is 0. The molecule has 0 bridgehead atoms. The highest BCUT2D eigenvalue weighted by molar-refractivity contribution is 5.96. The molecule has 0 heterocycles. The Morgan fingerprint density at radius 2 is 1.71 bits per heavy atom. The van der Waals surface area contributed by atoms with E-state index >= 15 is 0 Å². The Labute approximate surface area is 81.7 Å². The zero-order chi connectivity index (χ0) is 11.1. The summed E-state index contributed by atoms with van der Waals surface area (Å²) in [5.74, 6) is -3.40. The number of carboxylic acids is 2. The van der Waals surface area contributed by atoms with Gasteiger partial charge in [-0.15, -0.1) is 0 Å². The molecule has 0 radical (unpaired) electrons. The first kappa shape index (κ1) is 12.6. The molecule has 0 aromatic heterocycles. The third-order valence-corrected chi connectivity index (χ3v) is 1.92. The number of hydrogen-bond donors (Lipinski definition) is 2. The van der Waals surface area contributed by atoms with Crippen molar-refractivity contribution < 1.29 is 24.6 Å². The van der Waals surface area contributed by atoms with Crippen LogP contribution in [0.25, 0.3) is 0 Å². The van der Waals surface area contributed by atoms with Gasteiger partial charge >= 0.3 is 11.9 Å². The summed E-state index contributed by atoms with van der Waals surface area (Å²) in [5, 5.41) is 16.9. The lowest BCUT2D eigenvalue weighted by Gasteiger charge is -2.06. The van der Waals surface area contributed by atoms with Crippen molar-refractivity contribution in [2.45, 2.75) is 32.6 Å². The zero-order valence-electron chi connectivity index (χ0n) is 8.02. The summed E-state index contributed by atoms with van der Waals surface area (Å²) < 4.78 is 0. The van der Waals surface area contributed by atoms with Crippen LogP contribution in [0.3, 0.4) is 0 Å². The van der Waals surface area contributed by atoms with E-state index < -0.39 is 17.9 Å². The molecular formula is C9H14O5. The number of ketones is 1. The monoisotopic (exact) mass is 202 g/mol. The molecule has 0 saturated carbocycles. The highest BCUT2D eigenvalue weighted by Crippen LogP contribution is 2.11. The molecule has 0 aliphatic rings. The lowest BCUT2D eigenvalue weighted by molar-refractivity contribution is -0.146. The van der Waals surface area contributed by atoms with Crippen molar-refractivity contribution in [3.05, 3.63) is 0 Å². The van der Waals surface area contributed by atoms with Gasteiger partial charge in [-0.1, -0.05) is 6.42 Å². The second kappa shape index (κ2) is 6.12. The van der Waals surface area contributed by atoms with E-state index in [4.69, 9.17) is 10.2 Å². The Hall–Kier alpha value is -1.39. The third kappa shape index (κ3) is 5.29. The van der Waals surface area contributed by atoms with E-state index in [1.165, 1.54) is 6.92 Å². The smallest absolute Gasteiger partial charge is 0.314 e. The molecule has 2 N–H and O–H groups in total. The van der Waals surface area contributed by atoms with Gasteiger partial charge in [0.2, 0.25) is 0 Å². The van der Waals surface area contributed by atoms with Gasteiger partial charge in [-0.2, -0.15) is 0 Å². The first-order chi connectivity index (χ1) is 6.45. The molecule has 14 heavy (non-hydrogen) atoms. The molecule has 1 atom stereocenters. The number of carbonyl (C=O) groups excluding carboxylic acids is 1. The van der Waals surface area contributed by atoms with E-state index in [2.05, 4.69) is 0 Å². The van der Waals surface area contributed by atoms with Crippen molar-refractivity contribution in [1.82, 2.24) is 0 Å². The van der Waals surface area contributed by atoms with Crippen molar-refractivity contribution in [2.24, 2.45) is 5.92 Å². The Morgan fingerprint density at radius 1 is 1.14 bits per heavy atom. The van der Waals surface area contributed by atoms with E-state index in [-0.39, 0.29) is 18.6 Å². The summed E-state index contributed by atoms with van der Waals surface area (Å²) in [6.07, 6.45) is 1.09. The molecule has 0 fully saturated rings. The Bertz CT molecular complexity index is 219. The Morgan fingerprint density at radius 3 is 2.07 bits per heavy atom. The van der Waals surface area contributed by atoms with Gasteiger partial charge in [-0.25, -0.2) is 0 Å². The largest absolute Gasteiger partial charge is 0.481 e. The van der Waals surface area contributed by atoms with Gasteiger partial charge in [0.25, 0.3) is 0 Å². The van der Waals surface area contributed by atoms with E-state index in [1.54, 1.807) is 0 Å². The maximum absolute atomic E-state index is 10.8. The van der Waals surface area contributed by atoms with Gasteiger partial charge in [0.1, 0.15) is 11.7 Å². The van der Waals surface area contributed by atoms with Crippen LogP contribution in [-0.4, -0.2) is 27.9 Å². The average molecular weight is 202 g/mol. The molecule has 0 saturated heterocycles. The second-order valence-electron chi connectivity index (χ2n) is 3.14. The van der Waals surface area contributed by atoms with E-state index in [0.717, 1.165) is 0 Å². The van der Waals surface area contributed by atoms with Crippen LogP contribution in [-0.2, 0) is 14.4 Å². The fraction of sp³-hybridized carbons (Fsp3) is 0.667. The molecule has 80 valence electrons. The summed E-state index contributed by atoms with van der Waals surface area (Å²) in [4.78, 5) is 31.5. The van der Waals surface area contributed by atoms with Crippen molar-refractivity contribution in [1.29, 1.82) is 0 Å². The van der Waals surface area contributed by atoms with E-state index in [1.807, 2.05) is 0 Å². The summed E-state index contributed by atoms with van der Waals surface area (Å²) in [6.45, 7) is 1.23. The van der Waals surface area contributed by atoms with Gasteiger partial charge in [-0.05, 0) is 19.8 Å². The maximum atomic E-state index is 10.8. The second-order valence-corrected chi connectivity index (χ2v) is 3.14. The minimum absolute atomic E-state index is 0.0181. The highest BCUT2D eigenvalue weighted by Gasteiger charge is 2.21. The molecule has 0 aromatic carbocycles. The van der Waals surface area contributed by atoms with Gasteiger partial charge in [-0.3, -0.25) is 14.4 Å². The minimum atomic E-state index is -1.13.